The largest absolute Gasteiger partial charge is 1.00 e. The number of amides is 2. The summed E-state index contributed by atoms with van der Waals surface area (Å²) in [6, 6.07) is 12.1. The maximum absolute atomic E-state index is 12.1. The van der Waals surface area contributed by atoms with Crippen molar-refractivity contribution in [3.05, 3.63) is 66.0 Å². The van der Waals surface area contributed by atoms with Crippen LogP contribution in [0.3, 0.4) is 0 Å². The molecule has 1 aromatic carbocycles. The molecule has 0 aliphatic rings. The Balaban J connectivity index is 0.00000264. The predicted molar refractivity (Wildman–Crippen MR) is 79.7 cm³/mol. The fraction of sp³-hybridized carbons (Fsp3) is 0.188. The van der Waals surface area contributed by atoms with Crippen molar-refractivity contribution in [1.82, 2.24) is 5.32 Å². The number of primary amides is 1. The van der Waals surface area contributed by atoms with Crippen molar-refractivity contribution in [3.8, 4) is 0 Å². The second-order valence-electron chi connectivity index (χ2n) is 4.86. The monoisotopic (exact) mass is 427 g/mol. The van der Waals surface area contributed by atoms with Crippen LogP contribution in [0.1, 0.15) is 15.9 Å². The van der Waals surface area contributed by atoms with E-state index in [9.17, 15) is 9.59 Å². The predicted octanol–water partition coefficient (Wildman–Crippen LogP) is -3.40. The molecule has 0 saturated carbocycles. The van der Waals surface area contributed by atoms with E-state index in [1.807, 2.05) is 41.1 Å². The molecular formula is C16H18IN3O3. The van der Waals surface area contributed by atoms with Crippen LogP contribution in [0.15, 0.2) is 54.9 Å². The van der Waals surface area contributed by atoms with Gasteiger partial charge in [-0.3, -0.25) is 9.59 Å². The van der Waals surface area contributed by atoms with Gasteiger partial charge in [0.1, 0.15) is 11.6 Å². The quantitative estimate of drug-likeness (QED) is 0.332. The number of aliphatic hydroxyl groups excluding tert-OH is 1. The SMILES string of the molecule is NC(=O)C(CO)NC(=O)c1ccc[n+](Cc2ccccc2)c1.[I-]. The highest BCUT2D eigenvalue weighted by molar-refractivity contribution is 5.96. The van der Waals surface area contributed by atoms with Crippen LogP contribution < -0.4 is 39.6 Å². The minimum Gasteiger partial charge on any atom is -1.00 e. The van der Waals surface area contributed by atoms with Crippen LogP contribution in [0.4, 0.5) is 0 Å². The summed E-state index contributed by atoms with van der Waals surface area (Å²) in [6.07, 6.45) is 3.53. The Morgan fingerprint density at radius 3 is 2.48 bits per heavy atom. The van der Waals surface area contributed by atoms with Gasteiger partial charge in [0.2, 0.25) is 5.91 Å². The third-order valence-corrected chi connectivity index (χ3v) is 3.16. The highest BCUT2D eigenvalue weighted by Crippen LogP contribution is 2.00. The molecule has 0 aliphatic heterocycles. The van der Waals surface area contributed by atoms with E-state index < -0.39 is 24.5 Å². The lowest BCUT2D eigenvalue weighted by Gasteiger charge is -2.11. The molecule has 0 fully saturated rings. The first-order chi connectivity index (χ1) is 10.6. The number of carbonyl (C=O) groups excluding carboxylic acids is 2. The normalized spacial score (nSPS) is 11.2. The van der Waals surface area contributed by atoms with Crippen molar-refractivity contribution in [1.29, 1.82) is 0 Å². The number of nitrogens with two attached hydrogens (primary N) is 1. The van der Waals surface area contributed by atoms with Crippen molar-refractivity contribution >= 4 is 11.8 Å². The molecule has 122 valence electrons. The van der Waals surface area contributed by atoms with Crippen molar-refractivity contribution in [2.45, 2.75) is 12.6 Å². The number of halogens is 1. The van der Waals surface area contributed by atoms with Crippen LogP contribution in [-0.2, 0) is 11.3 Å². The van der Waals surface area contributed by atoms with Gasteiger partial charge >= 0.3 is 0 Å². The molecule has 2 aromatic rings. The number of aromatic nitrogens is 1. The molecule has 1 aromatic heterocycles. The molecular weight excluding hydrogens is 409 g/mol. The molecule has 0 aliphatic carbocycles. The molecule has 7 heteroatoms. The van der Waals surface area contributed by atoms with Gasteiger partial charge in [0.25, 0.3) is 5.91 Å². The van der Waals surface area contributed by atoms with Gasteiger partial charge in [-0.05, 0) is 6.07 Å². The Morgan fingerprint density at radius 1 is 1.17 bits per heavy atom. The van der Waals surface area contributed by atoms with Gasteiger partial charge in [-0.15, -0.1) is 0 Å². The molecule has 23 heavy (non-hydrogen) atoms. The van der Waals surface area contributed by atoms with Gasteiger partial charge in [-0.25, -0.2) is 0 Å². The smallest absolute Gasteiger partial charge is 0.258 e. The van der Waals surface area contributed by atoms with Crippen LogP contribution in [0.25, 0.3) is 0 Å². The number of nitrogens with one attached hydrogen (secondary N) is 1. The summed E-state index contributed by atoms with van der Waals surface area (Å²) in [4.78, 5) is 23.1. The van der Waals surface area contributed by atoms with Crippen LogP contribution in [0, 0.1) is 0 Å². The highest BCUT2D eigenvalue weighted by atomic mass is 127. The summed E-state index contributed by atoms with van der Waals surface area (Å²) in [5, 5.41) is 11.4. The number of carbonyl (C=O) groups is 2. The molecule has 0 spiro atoms. The number of rotatable bonds is 6. The minimum atomic E-state index is -1.09. The fourth-order valence-electron chi connectivity index (χ4n) is 2.00. The summed E-state index contributed by atoms with van der Waals surface area (Å²) >= 11 is 0. The van der Waals surface area contributed by atoms with Crippen molar-refractivity contribution < 1.29 is 43.2 Å². The molecule has 1 heterocycles. The van der Waals surface area contributed by atoms with Crippen molar-refractivity contribution in [3.63, 3.8) is 0 Å². The topological polar surface area (TPSA) is 96.3 Å². The number of benzene rings is 1. The van der Waals surface area contributed by atoms with Crippen LogP contribution in [0.5, 0.6) is 0 Å². The summed E-state index contributed by atoms with van der Waals surface area (Å²) < 4.78 is 1.86. The Morgan fingerprint density at radius 2 is 1.87 bits per heavy atom. The van der Waals surface area contributed by atoms with Gasteiger partial charge in [0.15, 0.2) is 18.9 Å². The number of hydrogen-bond acceptors (Lipinski definition) is 3. The van der Waals surface area contributed by atoms with Gasteiger partial charge in [-0.1, -0.05) is 30.3 Å². The Hall–Kier alpha value is -2.00. The molecule has 0 bridgehead atoms. The maximum atomic E-state index is 12.1. The van der Waals surface area contributed by atoms with Gasteiger partial charge in [0.05, 0.1) is 6.61 Å². The summed E-state index contributed by atoms with van der Waals surface area (Å²) in [6.45, 7) is 0.0964. The number of nitrogens with zero attached hydrogens (tertiary/aromatic N) is 1. The maximum Gasteiger partial charge on any atom is 0.258 e. The molecule has 4 N–H and O–H groups in total. The van der Waals surface area contributed by atoms with Crippen LogP contribution >= 0.6 is 0 Å². The van der Waals surface area contributed by atoms with E-state index >= 15 is 0 Å². The zero-order chi connectivity index (χ0) is 15.9. The van der Waals surface area contributed by atoms with Gasteiger partial charge in [0, 0.05) is 11.6 Å². The van der Waals surface area contributed by atoms with E-state index in [1.165, 1.54) is 0 Å². The highest BCUT2D eigenvalue weighted by Gasteiger charge is 2.19. The number of hydrogen-bond donors (Lipinski definition) is 3. The third kappa shape index (κ3) is 5.61. The second-order valence-corrected chi connectivity index (χ2v) is 4.86. The average Bonchev–Trinajstić information content (AvgIpc) is 2.53. The third-order valence-electron chi connectivity index (χ3n) is 3.16. The summed E-state index contributed by atoms with van der Waals surface area (Å²) in [5.74, 6) is -1.23. The first kappa shape index (κ1) is 19.0. The zero-order valence-corrected chi connectivity index (χ0v) is 14.5. The van der Waals surface area contributed by atoms with Gasteiger partial charge in [-0.2, -0.15) is 4.57 Å². The number of aliphatic hydroxyl groups is 1. The lowest BCUT2D eigenvalue weighted by molar-refractivity contribution is -0.688. The Kier molecular flexibility index (Phi) is 7.63. The molecule has 0 saturated heterocycles. The molecule has 2 amide bonds. The van der Waals surface area contributed by atoms with E-state index in [4.69, 9.17) is 10.8 Å². The second kappa shape index (κ2) is 9.21. The lowest BCUT2D eigenvalue weighted by Crippen LogP contribution is -3.00. The van der Waals surface area contributed by atoms with E-state index in [0.717, 1.165) is 5.56 Å². The molecule has 6 nitrogen and oxygen atoms in total. The lowest BCUT2D eigenvalue weighted by atomic mass is 10.2. The Labute approximate surface area is 151 Å². The van der Waals surface area contributed by atoms with E-state index in [1.54, 1.807) is 18.3 Å². The summed E-state index contributed by atoms with van der Waals surface area (Å²) in [5.41, 5.74) is 6.58. The molecule has 2 rings (SSSR count). The summed E-state index contributed by atoms with van der Waals surface area (Å²) in [7, 11) is 0. The van der Waals surface area contributed by atoms with E-state index in [2.05, 4.69) is 5.32 Å². The first-order valence-corrected chi connectivity index (χ1v) is 6.84. The standard InChI is InChI=1S/C16H17N3O3.HI/c17-15(21)14(11-20)18-16(22)13-7-4-8-19(10-13)9-12-5-2-1-3-6-12;/h1-8,10,14,20H,9,11H2,(H2-,17,18,21,22);1H. The first-order valence-electron chi connectivity index (χ1n) is 6.84. The molecule has 1 unspecified atom stereocenters. The van der Waals surface area contributed by atoms with E-state index in [-0.39, 0.29) is 24.0 Å². The molecule has 1 atom stereocenters. The number of pyridine rings is 1. The average molecular weight is 427 g/mol. The Bertz CT molecular complexity index is 665. The van der Waals surface area contributed by atoms with Crippen LogP contribution in [-0.4, -0.2) is 29.6 Å². The van der Waals surface area contributed by atoms with Crippen molar-refractivity contribution in [2.24, 2.45) is 5.73 Å². The zero-order valence-electron chi connectivity index (χ0n) is 12.4. The minimum absolute atomic E-state index is 0. The van der Waals surface area contributed by atoms with Gasteiger partial charge < -0.3 is 40.1 Å². The van der Waals surface area contributed by atoms with E-state index in [0.29, 0.717) is 12.1 Å². The fourth-order valence-corrected chi connectivity index (χ4v) is 2.00. The molecule has 0 radical (unpaired) electrons. The van der Waals surface area contributed by atoms with Crippen LogP contribution in [0.2, 0.25) is 0 Å². The van der Waals surface area contributed by atoms with Crippen molar-refractivity contribution in [2.75, 3.05) is 6.61 Å².